The first kappa shape index (κ1) is 12.3. The molecule has 0 aliphatic heterocycles. The lowest BCUT2D eigenvalue weighted by Gasteiger charge is -2.30. The molecule has 94 valence electrons. The number of hydrogen-bond donors (Lipinski definition) is 2. The second kappa shape index (κ2) is 5.02. The Morgan fingerprint density at radius 1 is 1.06 bits per heavy atom. The Labute approximate surface area is 97.5 Å². The quantitative estimate of drug-likeness (QED) is 0.757. The summed E-state index contributed by atoms with van der Waals surface area (Å²) in [6.45, 7) is 0.708. The molecule has 16 heavy (non-hydrogen) atoms. The summed E-state index contributed by atoms with van der Waals surface area (Å²) in [6.07, 6.45) is 6.01. The van der Waals surface area contributed by atoms with Crippen LogP contribution >= 0.6 is 0 Å². The van der Waals surface area contributed by atoms with Crippen LogP contribution in [0, 0.1) is 11.8 Å². The zero-order valence-electron chi connectivity index (χ0n) is 9.56. The van der Waals surface area contributed by atoms with Crippen LogP contribution in [0.15, 0.2) is 0 Å². The van der Waals surface area contributed by atoms with E-state index in [0.717, 1.165) is 38.5 Å². The van der Waals surface area contributed by atoms with E-state index in [9.17, 15) is 13.5 Å². The van der Waals surface area contributed by atoms with Crippen molar-refractivity contribution in [3.05, 3.63) is 0 Å². The molecule has 0 aromatic rings. The van der Waals surface area contributed by atoms with Crippen LogP contribution in [0.25, 0.3) is 0 Å². The van der Waals surface area contributed by atoms with Gasteiger partial charge in [-0.25, -0.2) is 13.1 Å². The number of sulfonamides is 1. The van der Waals surface area contributed by atoms with Crippen molar-refractivity contribution in [2.24, 2.45) is 11.8 Å². The Hall–Kier alpha value is -0.130. The Kier molecular flexibility index (Phi) is 3.87. The third kappa shape index (κ3) is 2.96. The average Bonchev–Trinajstić information content (AvgIpc) is 3.11. The fourth-order valence-corrected chi connectivity index (χ4v) is 3.95. The molecule has 2 rings (SSSR count). The fourth-order valence-electron chi connectivity index (χ4n) is 2.51. The first-order chi connectivity index (χ1) is 7.63. The van der Waals surface area contributed by atoms with Crippen molar-refractivity contribution in [2.75, 3.05) is 13.2 Å². The van der Waals surface area contributed by atoms with Gasteiger partial charge in [-0.15, -0.1) is 0 Å². The highest BCUT2D eigenvalue weighted by molar-refractivity contribution is 7.90. The van der Waals surface area contributed by atoms with Crippen LogP contribution < -0.4 is 4.72 Å². The first-order valence-corrected chi connectivity index (χ1v) is 7.77. The first-order valence-electron chi connectivity index (χ1n) is 6.23. The number of hydrogen-bond acceptors (Lipinski definition) is 3. The van der Waals surface area contributed by atoms with Crippen molar-refractivity contribution >= 4 is 10.0 Å². The van der Waals surface area contributed by atoms with Gasteiger partial charge in [-0.1, -0.05) is 12.8 Å². The van der Waals surface area contributed by atoms with Crippen LogP contribution in [0.1, 0.15) is 38.5 Å². The molecule has 0 amide bonds. The molecular weight excluding hydrogens is 226 g/mol. The topological polar surface area (TPSA) is 66.4 Å². The molecule has 0 aromatic heterocycles. The molecule has 2 atom stereocenters. The summed E-state index contributed by atoms with van der Waals surface area (Å²) in [7, 11) is -3.05. The van der Waals surface area contributed by atoms with Crippen LogP contribution in [-0.4, -0.2) is 31.9 Å². The van der Waals surface area contributed by atoms with Gasteiger partial charge >= 0.3 is 0 Å². The largest absolute Gasteiger partial charge is 0.396 e. The van der Waals surface area contributed by atoms with Gasteiger partial charge in [-0.3, -0.25) is 0 Å². The van der Waals surface area contributed by atoms with E-state index in [4.69, 9.17) is 0 Å². The molecular formula is C11H21NO3S. The second-order valence-electron chi connectivity index (χ2n) is 5.08. The molecule has 2 saturated carbocycles. The van der Waals surface area contributed by atoms with Crippen molar-refractivity contribution in [3.8, 4) is 0 Å². The second-order valence-corrected chi connectivity index (χ2v) is 7.13. The number of aliphatic hydroxyl groups excluding tert-OH is 1. The predicted octanol–water partition coefficient (Wildman–Crippen LogP) is 0.867. The zero-order chi connectivity index (χ0) is 11.6. The van der Waals surface area contributed by atoms with Gasteiger partial charge in [0.15, 0.2) is 0 Å². The Balaban J connectivity index is 1.83. The lowest BCUT2D eigenvalue weighted by molar-refractivity contribution is 0.136. The molecule has 2 fully saturated rings. The molecule has 0 radical (unpaired) electrons. The highest BCUT2D eigenvalue weighted by Crippen LogP contribution is 2.31. The van der Waals surface area contributed by atoms with Crippen LogP contribution in [-0.2, 0) is 10.0 Å². The van der Waals surface area contributed by atoms with Crippen LogP contribution in [0.3, 0.4) is 0 Å². The Morgan fingerprint density at radius 3 is 2.25 bits per heavy atom. The monoisotopic (exact) mass is 247 g/mol. The Morgan fingerprint density at radius 2 is 1.69 bits per heavy atom. The van der Waals surface area contributed by atoms with Crippen LogP contribution in [0.4, 0.5) is 0 Å². The minimum atomic E-state index is -3.05. The van der Waals surface area contributed by atoms with E-state index >= 15 is 0 Å². The summed E-state index contributed by atoms with van der Waals surface area (Å²) >= 11 is 0. The number of nitrogens with one attached hydrogen (secondary N) is 1. The lowest BCUT2D eigenvalue weighted by Crippen LogP contribution is -2.36. The number of aliphatic hydroxyl groups is 1. The van der Waals surface area contributed by atoms with Crippen molar-refractivity contribution in [2.45, 2.75) is 43.8 Å². The summed E-state index contributed by atoms with van der Waals surface area (Å²) < 4.78 is 26.0. The summed E-state index contributed by atoms with van der Waals surface area (Å²) in [6, 6.07) is 0. The normalized spacial score (nSPS) is 31.6. The summed E-state index contributed by atoms with van der Waals surface area (Å²) in [5, 5.41) is 9.10. The Bertz CT molecular complexity index is 324. The summed E-state index contributed by atoms with van der Waals surface area (Å²) in [5.41, 5.74) is 0. The van der Waals surface area contributed by atoms with Gasteiger partial charge in [0.1, 0.15) is 0 Å². The van der Waals surface area contributed by atoms with E-state index in [1.165, 1.54) is 0 Å². The van der Waals surface area contributed by atoms with Crippen LogP contribution in [0.2, 0.25) is 0 Å². The van der Waals surface area contributed by atoms with Gasteiger partial charge < -0.3 is 5.11 Å². The maximum Gasteiger partial charge on any atom is 0.214 e. The SMILES string of the molecule is O=S(=O)(NCC1CCCCC1CO)C1CC1. The smallest absolute Gasteiger partial charge is 0.214 e. The van der Waals surface area contributed by atoms with Gasteiger partial charge in [0.25, 0.3) is 0 Å². The van der Waals surface area contributed by atoms with Crippen molar-refractivity contribution in [3.63, 3.8) is 0 Å². The van der Waals surface area contributed by atoms with E-state index in [1.54, 1.807) is 0 Å². The van der Waals surface area contributed by atoms with E-state index in [0.29, 0.717) is 12.5 Å². The summed E-state index contributed by atoms with van der Waals surface area (Å²) in [5.74, 6) is 0.614. The zero-order valence-corrected chi connectivity index (χ0v) is 10.4. The lowest BCUT2D eigenvalue weighted by atomic mass is 9.80. The van der Waals surface area contributed by atoms with Gasteiger partial charge in [-0.2, -0.15) is 0 Å². The highest BCUT2D eigenvalue weighted by atomic mass is 32.2. The van der Waals surface area contributed by atoms with Gasteiger partial charge in [0.05, 0.1) is 5.25 Å². The van der Waals surface area contributed by atoms with Gasteiger partial charge in [0, 0.05) is 13.2 Å². The fraction of sp³-hybridized carbons (Fsp3) is 1.00. The molecule has 0 saturated heterocycles. The van der Waals surface area contributed by atoms with Gasteiger partial charge in [-0.05, 0) is 37.5 Å². The third-order valence-electron chi connectivity index (χ3n) is 3.81. The van der Waals surface area contributed by atoms with Crippen LogP contribution in [0.5, 0.6) is 0 Å². The van der Waals surface area contributed by atoms with Gasteiger partial charge in [0.2, 0.25) is 10.0 Å². The third-order valence-corrected chi connectivity index (χ3v) is 5.73. The molecule has 4 nitrogen and oxygen atoms in total. The molecule has 2 aliphatic rings. The molecule has 0 aromatic carbocycles. The minimum absolute atomic E-state index is 0.135. The average molecular weight is 247 g/mol. The molecule has 0 bridgehead atoms. The maximum atomic E-state index is 11.7. The summed E-state index contributed by atoms with van der Waals surface area (Å²) in [4.78, 5) is 0. The maximum absolute atomic E-state index is 11.7. The van der Waals surface area contributed by atoms with E-state index in [-0.39, 0.29) is 17.8 Å². The molecule has 2 aliphatic carbocycles. The molecule has 2 unspecified atom stereocenters. The highest BCUT2D eigenvalue weighted by Gasteiger charge is 2.36. The van der Waals surface area contributed by atoms with E-state index in [1.807, 2.05) is 0 Å². The van der Waals surface area contributed by atoms with Crippen molar-refractivity contribution < 1.29 is 13.5 Å². The molecule has 0 heterocycles. The molecule has 5 heteroatoms. The molecule has 0 spiro atoms. The van der Waals surface area contributed by atoms with Crippen molar-refractivity contribution in [1.29, 1.82) is 0 Å². The van der Waals surface area contributed by atoms with Crippen molar-refractivity contribution in [1.82, 2.24) is 4.72 Å². The standard InChI is InChI=1S/C11H21NO3S/c13-8-10-4-2-1-3-9(10)7-12-16(14,15)11-5-6-11/h9-13H,1-8H2. The van der Waals surface area contributed by atoms with E-state index in [2.05, 4.69) is 4.72 Å². The minimum Gasteiger partial charge on any atom is -0.396 e. The molecule has 2 N–H and O–H groups in total. The van der Waals surface area contributed by atoms with E-state index < -0.39 is 10.0 Å². The predicted molar refractivity (Wildman–Crippen MR) is 62.5 cm³/mol. The number of rotatable bonds is 5.